The predicted octanol–water partition coefficient (Wildman–Crippen LogP) is 0.107. The number of morpholine rings is 1. The lowest BCUT2D eigenvalue weighted by atomic mass is 10.3. The first-order valence-corrected chi connectivity index (χ1v) is 6.54. The van der Waals surface area contributed by atoms with Crippen LogP contribution in [0.5, 0.6) is 0 Å². The Bertz CT molecular complexity index is 251. The van der Waals surface area contributed by atoms with Gasteiger partial charge in [0.2, 0.25) is 0 Å². The Morgan fingerprint density at radius 2 is 1.93 bits per heavy atom. The minimum absolute atomic E-state index is 0. The third-order valence-electron chi connectivity index (χ3n) is 2.02. The summed E-state index contributed by atoms with van der Waals surface area (Å²) in [7, 11) is -3.27. The molecule has 1 saturated heterocycles. The maximum Gasteiger partial charge on any atom is 0.264 e. The Hall–Kier alpha value is 0.120. The van der Waals surface area contributed by atoms with E-state index in [-0.39, 0.29) is 19.0 Å². The summed E-state index contributed by atoms with van der Waals surface area (Å²) in [4.78, 5) is 2.25. The van der Waals surface area contributed by atoms with Gasteiger partial charge in [-0.3, -0.25) is 9.08 Å². The van der Waals surface area contributed by atoms with Crippen molar-refractivity contribution in [3.63, 3.8) is 0 Å². The maximum atomic E-state index is 10.6. The van der Waals surface area contributed by atoms with Crippen LogP contribution >= 0.6 is 12.4 Å². The fourth-order valence-corrected chi connectivity index (χ4v) is 1.74. The molecule has 1 aliphatic rings. The zero-order valence-electron chi connectivity index (χ0n) is 8.85. The smallest absolute Gasteiger partial charge is 0.264 e. The first-order chi connectivity index (χ1) is 6.58. The Kier molecular flexibility index (Phi) is 7.46. The van der Waals surface area contributed by atoms with Gasteiger partial charge in [-0.25, -0.2) is 0 Å². The molecule has 0 aromatic carbocycles. The van der Waals surface area contributed by atoms with Gasteiger partial charge in [0.15, 0.2) is 0 Å². The molecule has 0 unspecified atom stereocenters. The summed E-state index contributed by atoms with van der Waals surface area (Å²) < 4.78 is 31.1. The van der Waals surface area contributed by atoms with Crippen LogP contribution in [0, 0.1) is 0 Å². The van der Waals surface area contributed by atoms with Crippen LogP contribution in [-0.2, 0) is 19.0 Å². The van der Waals surface area contributed by atoms with Crippen LogP contribution in [0.15, 0.2) is 0 Å². The van der Waals surface area contributed by atoms with Crippen LogP contribution in [0.1, 0.15) is 6.42 Å². The second-order valence-corrected chi connectivity index (χ2v) is 4.98. The van der Waals surface area contributed by atoms with Gasteiger partial charge in [-0.05, 0) is 6.42 Å². The molecule has 0 atom stereocenters. The van der Waals surface area contributed by atoms with E-state index < -0.39 is 10.1 Å². The molecule has 0 amide bonds. The number of hydrogen-bond donors (Lipinski definition) is 0. The average Bonchev–Trinajstić information content (AvgIpc) is 2.13. The molecular formula is C8H18ClNO4S. The third-order valence-corrected chi connectivity index (χ3v) is 2.61. The van der Waals surface area contributed by atoms with Crippen molar-refractivity contribution in [2.24, 2.45) is 0 Å². The first-order valence-electron chi connectivity index (χ1n) is 4.72. The number of halogens is 1. The summed E-state index contributed by atoms with van der Waals surface area (Å²) in [5.41, 5.74) is 0. The van der Waals surface area contributed by atoms with Crippen LogP contribution in [-0.4, -0.2) is 59.0 Å². The molecule has 1 rings (SSSR count). The molecule has 0 N–H and O–H groups in total. The third kappa shape index (κ3) is 7.98. The van der Waals surface area contributed by atoms with Crippen molar-refractivity contribution in [3.05, 3.63) is 0 Å². The molecule has 15 heavy (non-hydrogen) atoms. The quantitative estimate of drug-likeness (QED) is 0.518. The molecule has 0 aromatic rings. The molecule has 1 aliphatic heterocycles. The lowest BCUT2D eigenvalue weighted by Crippen LogP contribution is -2.37. The number of hydrogen-bond acceptors (Lipinski definition) is 5. The Labute approximate surface area is 97.3 Å². The highest BCUT2D eigenvalue weighted by atomic mass is 35.5. The molecule has 1 fully saturated rings. The van der Waals surface area contributed by atoms with Crippen LogP contribution < -0.4 is 0 Å². The minimum Gasteiger partial charge on any atom is -0.379 e. The lowest BCUT2D eigenvalue weighted by molar-refractivity contribution is 0.0359. The topological polar surface area (TPSA) is 55.8 Å². The summed E-state index contributed by atoms with van der Waals surface area (Å²) in [5, 5.41) is 0. The van der Waals surface area contributed by atoms with Crippen LogP contribution in [0.2, 0.25) is 0 Å². The van der Waals surface area contributed by atoms with Gasteiger partial charge in [0.05, 0.1) is 26.1 Å². The zero-order chi connectivity index (χ0) is 10.4. The second kappa shape index (κ2) is 7.40. The molecule has 0 aliphatic carbocycles. The number of rotatable bonds is 5. The Morgan fingerprint density at radius 1 is 1.33 bits per heavy atom. The van der Waals surface area contributed by atoms with Crippen molar-refractivity contribution in [2.45, 2.75) is 6.42 Å². The van der Waals surface area contributed by atoms with Gasteiger partial charge in [-0.15, -0.1) is 12.4 Å². The van der Waals surface area contributed by atoms with E-state index in [9.17, 15) is 8.42 Å². The molecular weight excluding hydrogens is 242 g/mol. The second-order valence-electron chi connectivity index (χ2n) is 3.33. The van der Waals surface area contributed by atoms with Gasteiger partial charge in [0, 0.05) is 19.6 Å². The monoisotopic (exact) mass is 259 g/mol. The van der Waals surface area contributed by atoms with Gasteiger partial charge in [-0.2, -0.15) is 8.42 Å². The van der Waals surface area contributed by atoms with Gasteiger partial charge in [-0.1, -0.05) is 0 Å². The molecule has 7 heteroatoms. The van der Waals surface area contributed by atoms with Gasteiger partial charge < -0.3 is 4.74 Å². The summed E-state index contributed by atoms with van der Waals surface area (Å²) in [6, 6.07) is 0. The molecule has 92 valence electrons. The van der Waals surface area contributed by atoms with E-state index in [4.69, 9.17) is 4.74 Å². The van der Waals surface area contributed by atoms with E-state index >= 15 is 0 Å². The summed E-state index contributed by atoms with van der Waals surface area (Å²) in [6.07, 6.45) is 1.81. The van der Waals surface area contributed by atoms with E-state index in [0.717, 1.165) is 45.5 Å². The van der Waals surface area contributed by atoms with E-state index in [1.807, 2.05) is 0 Å². The Morgan fingerprint density at radius 3 is 2.47 bits per heavy atom. The normalized spacial score (nSPS) is 18.5. The molecule has 5 nitrogen and oxygen atoms in total. The molecule has 0 aromatic heterocycles. The lowest BCUT2D eigenvalue weighted by Gasteiger charge is -2.26. The van der Waals surface area contributed by atoms with E-state index in [1.54, 1.807) is 0 Å². The molecule has 0 radical (unpaired) electrons. The highest BCUT2D eigenvalue weighted by Crippen LogP contribution is 1.98. The SMILES string of the molecule is CS(=O)(=O)OCCCN1CCOCC1.Cl. The zero-order valence-corrected chi connectivity index (χ0v) is 10.5. The van der Waals surface area contributed by atoms with Crippen molar-refractivity contribution in [1.29, 1.82) is 0 Å². The average molecular weight is 260 g/mol. The first kappa shape index (κ1) is 15.1. The fourth-order valence-electron chi connectivity index (χ4n) is 1.32. The highest BCUT2D eigenvalue weighted by Gasteiger charge is 2.09. The van der Waals surface area contributed by atoms with Crippen LogP contribution in [0.3, 0.4) is 0 Å². The maximum absolute atomic E-state index is 10.6. The predicted molar refractivity (Wildman–Crippen MR) is 59.9 cm³/mol. The molecule has 0 saturated carbocycles. The highest BCUT2D eigenvalue weighted by molar-refractivity contribution is 7.85. The van der Waals surface area contributed by atoms with Crippen molar-refractivity contribution in [2.75, 3.05) is 45.7 Å². The van der Waals surface area contributed by atoms with Crippen molar-refractivity contribution in [1.82, 2.24) is 4.90 Å². The molecule has 0 bridgehead atoms. The molecule has 1 heterocycles. The summed E-state index contributed by atoms with van der Waals surface area (Å²) in [5.74, 6) is 0. The largest absolute Gasteiger partial charge is 0.379 e. The number of nitrogens with zero attached hydrogens (tertiary/aromatic N) is 1. The van der Waals surface area contributed by atoms with E-state index in [2.05, 4.69) is 9.08 Å². The standard InChI is InChI=1S/C8H17NO4S.ClH/c1-14(10,11)13-6-2-3-9-4-7-12-8-5-9;/h2-8H2,1H3;1H. The van der Waals surface area contributed by atoms with Gasteiger partial charge in [0.25, 0.3) is 10.1 Å². The fraction of sp³-hybridized carbons (Fsp3) is 1.00. The number of ether oxygens (including phenoxy) is 1. The van der Waals surface area contributed by atoms with Crippen molar-refractivity contribution >= 4 is 22.5 Å². The van der Waals surface area contributed by atoms with Gasteiger partial charge >= 0.3 is 0 Å². The van der Waals surface area contributed by atoms with Crippen LogP contribution in [0.4, 0.5) is 0 Å². The summed E-state index contributed by atoms with van der Waals surface area (Å²) >= 11 is 0. The Balaban J connectivity index is 0.00000196. The minimum atomic E-state index is -3.27. The molecule has 0 spiro atoms. The van der Waals surface area contributed by atoms with Crippen molar-refractivity contribution < 1.29 is 17.3 Å². The van der Waals surface area contributed by atoms with E-state index in [0.29, 0.717) is 0 Å². The summed E-state index contributed by atoms with van der Waals surface area (Å²) in [6.45, 7) is 4.55. The van der Waals surface area contributed by atoms with Crippen LogP contribution in [0.25, 0.3) is 0 Å². The van der Waals surface area contributed by atoms with Crippen molar-refractivity contribution in [3.8, 4) is 0 Å². The van der Waals surface area contributed by atoms with E-state index in [1.165, 1.54) is 0 Å². The van der Waals surface area contributed by atoms with Gasteiger partial charge in [0.1, 0.15) is 0 Å².